The molecule has 1 atom stereocenters. The SMILES string of the molecule is CCCC(CN)Nc1ccc(S(C)(=O)=O)cc1[N+](=O)[O-]. The van der Waals surface area contributed by atoms with Crippen molar-refractivity contribution in [3.8, 4) is 0 Å². The smallest absolute Gasteiger partial charge is 0.293 e. The first kappa shape index (κ1) is 16.4. The van der Waals surface area contributed by atoms with E-state index in [1.807, 2.05) is 6.92 Å². The zero-order chi connectivity index (χ0) is 15.3. The van der Waals surface area contributed by atoms with Crippen molar-refractivity contribution in [1.29, 1.82) is 0 Å². The van der Waals surface area contributed by atoms with Crippen LogP contribution in [-0.4, -0.2) is 32.2 Å². The van der Waals surface area contributed by atoms with E-state index >= 15 is 0 Å². The number of nitrogens with one attached hydrogen (secondary N) is 1. The van der Waals surface area contributed by atoms with E-state index in [9.17, 15) is 18.5 Å². The Balaban J connectivity index is 3.17. The number of sulfone groups is 1. The molecule has 0 saturated carbocycles. The minimum atomic E-state index is -3.48. The van der Waals surface area contributed by atoms with Crippen molar-refractivity contribution in [2.45, 2.75) is 30.7 Å². The van der Waals surface area contributed by atoms with Crippen LogP contribution in [0.4, 0.5) is 11.4 Å². The van der Waals surface area contributed by atoms with E-state index in [-0.39, 0.29) is 22.3 Å². The predicted molar refractivity (Wildman–Crippen MR) is 77.6 cm³/mol. The topological polar surface area (TPSA) is 115 Å². The van der Waals surface area contributed by atoms with E-state index < -0.39 is 14.8 Å². The van der Waals surface area contributed by atoms with Crippen molar-refractivity contribution in [1.82, 2.24) is 0 Å². The molecule has 1 rings (SSSR count). The molecule has 0 radical (unpaired) electrons. The summed E-state index contributed by atoms with van der Waals surface area (Å²) < 4.78 is 22.9. The van der Waals surface area contributed by atoms with Gasteiger partial charge in [0.25, 0.3) is 5.69 Å². The lowest BCUT2D eigenvalue weighted by Gasteiger charge is -2.17. The van der Waals surface area contributed by atoms with E-state index in [2.05, 4.69) is 5.32 Å². The largest absolute Gasteiger partial charge is 0.375 e. The van der Waals surface area contributed by atoms with Gasteiger partial charge in [0.2, 0.25) is 0 Å². The second-order valence-corrected chi connectivity index (χ2v) is 6.59. The molecule has 0 aliphatic carbocycles. The number of nitro groups is 1. The monoisotopic (exact) mass is 301 g/mol. The van der Waals surface area contributed by atoms with Crippen LogP contribution in [0.25, 0.3) is 0 Å². The number of anilines is 1. The molecule has 7 nitrogen and oxygen atoms in total. The number of nitro benzene ring substituents is 1. The second-order valence-electron chi connectivity index (χ2n) is 4.57. The first-order valence-electron chi connectivity index (χ1n) is 6.24. The summed E-state index contributed by atoms with van der Waals surface area (Å²) in [5.41, 5.74) is 5.63. The Bertz CT molecular complexity index is 586. The molecule has 0 spiro atoms. The summed E-state index contributed by atoms with van der Waals surface area (Å²) in [6.07, 6.45) is 2.69. The van der Waals surface area contributed by atoms with E-state index in [1.54, 1.807) is 0 Å². The second kappa shape index (κ2) is 6.67. The molecule has 3 N–H and O–H groups in total. The normalized spacial score (nSPS) is 12.9. The summed E-state index contributed by atoms with van der Waals surface area (Å²) in [4.78, 5) is 10.4. The fourth-order valence-corrected chi connectivity index (χ4v) is 2.47. The number of benzene rings is 1. The minimum absolute atomic E-state index is 0.0745. The molecular formula is C12H19N3O4S. The van der Waals surface area contributed by atoms with Gasteiger partial charge in [0.1, 0.15) is 5.69 Å². The first-order valence-corrected chi connectivity index (χ1v) is 8.13. The molecule has 0 fully saturated rings. The van der Waals surface area contributed by atoms with Crippen molar-refractivity contribution < 1.29 is 13.3 Å². The average Bonchev–Trinajstić information content (AvgIpc) is 2.36. The van der Waals surface area contributed by atoms with Crippen LogP contribution >= 0.6 is 0 Å². The summed E-state index contributed by atoms with van der Waals surface area (Å²) in [6.45, 7) is 2.34. The summed E-state index contributed by atoms with van der Waals surface area (Å²) in [7, 11) is -3.48. The molecule has 0 bridgehead atoms. The van der Waals surface area contributed by atoms with Gasteiger partial charge in [-0.3, -0.25) is 10.1 Å². The molecule has 1 aromatic rings. The summed E-state index contributed by atoms with van der Waals surface area (Å²) in [5.74, 6) is 0. The van der Waals surface area contributed by atoms with Crippen LogP contribution < -0.4 is 11.1 Å². The van der Waals surface area contributed by atoms with Gasteiger partial charge in [-0.2, -0.15) is 0 Å². The molecule has 0 aliphatic heterocycles. The fraction of sp³-hybridized carbons (Fsp3) is 0.500. The lowest BCUT2D eigenvalue weighted by atomic mass is 10.1. The molecule has 20 heavy (non-hydrogen) atoms. The highest BCUT2D eigenvalue weighted by Crippen LogP contribution is 2.28. The molecule has 1 aromatic carbocycles. The lowest BCUT2D eigenvalue weighted by molar-refractivity contribution is -0.384. The van der Waals surface area contributed by atoms with Gasteiger partial charge in [-0.05, 0) is 18.6 Å². The standard InChI is InChI=1S/C12H19N3O4S/c1-3-4-9(8-13)14-11-6-5-10(20(2,18)19)7-12(11)15(16)17/h5-7,9,14H,3-4,8,13H2,1-2H3. The van der Waals surface area contributed by atoms with Crippen molar-refractivity contribution in [2.75, 3.05) is 18.1 Å². The molecule has 0 heterocycles. The van der Waals surface area contributed by atoms with Gasteiger partial charge >= 0.3 is 0 Å². The van der Waals surface area contributed by atoms with Crippen LogP contribution in [-0.2, 0) is 9.84 Å². The highest BCUT2D eigenvalue weighted by Gasteiger charge is 2.20. The molecule has 112 valence electrons. The zero-order valence-electron chi connectivity index (χ0n) is 11.5. The van der Waals surface area contributed by atoms with E-state index in [1.165, 1.54) is 12.1 Å². The summed E-state index contributed by atoms with van der Waals surface area (Å²) in [6, 6.07) is 3.75. The molecule has 0 amide bonds. The lowest BCUT2D eigenvalue weighted by Crippen LogP contribution is -2.28. The zero-order valence-corrected chi connectivity index (χ0v) is 12.3. The average molecular weight is 301 g/mol. The Labute approximate surface area is 118 Å². The molecule has 0 aliphatic rings. The van der Waals surface area contributed by atoms with E-state index in [0.29, 0.717) is 6.54 Å². The molecule has 0 aromatic heterocycles. The third-order valence-electron chi connectivity index (χ3n) is 2.88. The minimum Gasteiger partial charge on any atom is -0.375 e. The summed E-state index contributed by atoms with van der Waals surface area (Å²) in [5, 5.41) is 14.1. The van der Waals surface area contributed by atoms with Gasteiger partial charge in [-0.15, -0.1) is 0 Å². The van der Waals surface area contributed by atoms with Gasteiger partial charge in [-0.1, -0.05) is 13.3 Å². The quantitative estimate of drug-likeness (QED) is 0.583. The van der Waals surface area contributed by atoms with Crippen LogP contribution in [0.5, 0.6) is 0 Å². The maximum atomic E-state index is 11.4. The molecule has 8 heteroatoms. The summed E-state index contributed by atoms with van der Waals surface area (Å²) >= 11 is 0. The van der Waals surface area contributed by atoms with E-state index in [4.69, 9.17) is 5.73 Å². The first-order chi connectivity index (χ1) is 9.29. The van der Waals surface area contributed by atoms with Gasteiger partial charge in [0, 0.05) is 24.9 Å². The van der Waals surface area contributed by atoms with Gasteiger partial charge in [-0.25, -0.2) is 8.42 Å². The number of hydrogen-bond donors (Lipinski definition) is 2. The Kier molecular flexibility index (Phi) is 5.46. The number of hydrogen-bond acceptors (Lipinski definition) is 6. The third kappa shape index (κ3) is 4.17. The Morgan fingerprint density at radius 2 is 2.10 bits per heavy atom. The van der Waals surface area contributed by atoms with Crippen LogP contribution in [0.3, 0.4) is 0 Å². The third-order valence-corrected chi connectivity index (χ3v) is 3.99. The Hall–Kier alpha value is -1.67. The maximum absolute atomic E-state index is 11.4. The van der Waals surface area contributed by atoms with Crippen molar-refractivity contribution in [3.05, 3.63) is 28.3 Å². The molecular weight excluding hydrogens is 282 g/mol. The van der Waals surface area contributed by atoms with Gasteiger partial charge in [0.05, 0.1) is 9.82 Å². The maximum Gasteiger partial charge on any atom is 0.293 e. The highest BCUT2D eigenvalue weighted by atomic mass is 32.2. The highest BCUT2D eigenvalue weighted by molar-refractivity contribution is 7.90. The molecule has 0 saturated heterocycles. The van der Waals surface area contributed by atoms with Crippen LogP contribution in [0.2, 0.25) is 0 Å². The molecule has 1 unspecified atom stereocenters. The van der Waals surface area contributed by atoms with Crippen LogP contribution in [0.15, 0.2) is 23.1 Å². The van der Waals surface area contributed by atoms with Crippen molar-refractivity contribution >= 4 is 21.2 Å². The Morgan fingerprint density at radius 1 is 1.45 bits per heavy atom. The predicted octanol–water partition coefficient (Wildman–Crippen LogP) is 1.54. The number of rotatable bonds is 7. The Morgan fingerprint density at radius 3 is 2.55 bits per heavy atom. The van der Waals surface area contributed by atoms with Crippen LogP contribution in [0.1, 0.15) is 19.8 Å². The van der Waals surface area contributed by atoms with Crippen molar-refractivity contribution in [3.63, 3.8) is 0 Å². The number of nitrogens with two attached hydrogens (primary N) is 1. The number of nitrogens with zero attached hydrogens (tertiary/aromatic N) is 1. The van der Waals surface area contributed by atoms with Crippen LogP contribution in [0, 0.1) is 10.1 Å². The van der Waals surface area contributed by atoms with Gasteiger partial charge < -0.3 is 11.1 Å². The fourth-order valence-electron chi connectivity index (χ4n) is 1.83. The van der Waals surface area contributed by atoms with Crippen molar-refractivity contribution in [2.24, 2.45) is 5.73 Å². The van der Waals surface area contributed by atoms with E-state index in [0.717, 1.165) is 25.2 Å². The van der Waals surface area contributed by atoms with Gasteiger partial charge in [0.15, 0.2) is 9.84 Å².